The first-order valence-corrected chi connectivity index (χ1v) is 7.76. The quantitative estimate of drug-likeness (QED) is 0.818. The fourth-order valence-electron chi connectivity index (χ4n) is 2.59. The van der Waals surface area contributed by atoms with Crippen molar-refractivity contribution in [2.45, 2.75) is 19.4 Å². The minimum atomic E-state index is -0.616. The number of halogens is 1. The van der Waals surface area contributed by atoms with Gasteiger partial charge in [0.1, 0.15) is 11.6 Å². The number of nitrogens with one attached hydrogen (secondary N) is 1. The van der Waals surface area contributed by atoms with Crippen LogP contribution in [0.15, 0.2) is 42.5 Å². The Bertz CT molecular complexity index is 776. The van der Waals surface area contributed by atoms with E-state index in [1.165, 1.54) is 26.4 Å². The average Bonchev–Trinajstić information content (AvgIpc) is 2.61. The Kier molecular flexibility index (Phi) is 6.11. The lowest BCUT2D eigenvalue weighted by Crippen LogP contribution is -2.28. The summed E-state index contributed by atoms with van der Waals surface area (Å²) in [6, 6.07) is 10.6. The van der Waals surface area contributed by atoms with Crippen LogP contribution in [0.5, 0.6) is 5.75 Å². The summed E-state index contributed by atoms with van der Waals surface area (Å²) in [4.78, 5) is 24.1. The minimum absolute atomic E-state index is 0.0164. The molecule has 2 aromatic rings. The molecule has 0 spiro atoms. The molecule has 0 fully saturated rings. The van der Waals surface area contributed by atoms with Crippen molar-refractivity contribution in [3.63, 3.8) is 0 Å². The van der Waals surface area contributed by atoms with Crippen molar-refractivity contribution in [2.24, 2.45) is 0 Å². The van der Waals surface area contributed by atoms with Gasteiger partial charge < -0.3 is 14.8 Å². The van der Waals surface area contributed by atoms with Crippen molar-refractivity contribution in [1.82, 2.24) is 5.32 Å². The van der Waals surface area contributed by atoms with E-state index in [0.29, 0.717) is 16.9 Å². The Hall–Kier alpha value is -2.89. The van der Waals surface area contributed by atoms with Crippen LogP contribution in [0.2, 0.25) is 0 Å². The van der Waals surface area contributed by atoms with Crippen molar-refractivity contribution in [3.8, 4) is 5.75 Å². The molecule has 0 aliphatic carbocycles. The topological polar surface area (TPSA) is 64.6 Å². The van der Waals surface area contributed by atoms with E-state index in [2.05, 4.69) is 10.1 Å². The van der Waals surface area contributed by atoms with Crippen LogP contribution in [-0.4, -0.2) is 26.1 Å². The Labute approximate surface area is 145 Å². The van der Waals surface area contributed by atoms with E-state index in [1.807, 2.05) is 0 Å². The monoisotopic (exact) mass is 345 g/mol. The maximum atomic E-state index is 14.1. The molecule has 0 heterocycles. The summed E-state index contributed by atoms with van der Waals surface area (Å²) >= 11 is 0. The first-order valence-electron chi connectivity index (χ1n) is 7.76. The number of carbonyl (C=O) groups excluding carboxylic acids is 2. The summed E-state index contributed by atoms with van der Waals surface area (Å²) in [7, 11) is 2.73. The maximum Gasteiger partial charge on any atom is 0.310 e. The highest BCUT2D eigenvalue weighted by Crippen LogP contribution is 2.28. The second-order valence-electron chi connectivity index (χ2n) is 5.46. The molecule has 1 atom stereocenters. The highest BCUT2D eigenvalue weighted by atomic mass is 19.1. The SMILES string of the molecule is COC(=O)Cc1ccccc1C(=O)N[C@H](C)c1c(F)cccc1OC. The molecule has 2 rings (SSSR count). The third kappa shape index (κ3) is 4.35. The lowest BCUT2D eigenvalue weighted by Gasteiger charge is -2.19. The maximum absolute atomic E-state index is 14.1. The molecule has 0 saturated heterocycles. The van der Waals surface area contributed by atoms with Crippen molar-refractivity contribution >= 4 is 11.9 Å². The second-order valence-corrected chi connectivity index (χ2v) is 5.46. The first-order chi connectivity index (χ1) is 12.0. The van der Waals surface area contributed by atoms with Crippen LogP contribution in [0.3, 0.4) is 0 Å². The third-order valence-electron chi connectivity index (χ3n) is 3.84. The van der Waals surface area contributed by atoms with E-state index in [-0.39, 0.29) is 12.0 Å². The lowest BCUT2D eigenvalue weighted by atomic mass is 10.0. The molecule has 132 valence electrons. The molecule has 0 saturated carbocycles. The molecule has 1 N–H and O–H groups in total. The molecule has 0 aliphatic rings. The smallest absolute Gasteiger partial charge is 0.310 e. The van der Waals surface area contributed by atoms with E-state index in [9.17, 15) is 14.0 Å². The van der Waals surface area contributed by atoms with E-state index in [4.69, 9.17) is 4.74 Å². The van der Waals surface area contributed by atoms with Gasteiger partial charge in [0, 0.05) is 5.56 Å². The summed E-state index contributed by atoms with van der Waals surface area (Å²) in [6.45, 7) is 1.67. The van der Waals surface area contributed by atoms with Gasteiger partial charge in [-0.25, -0.2) is 4.39 Å². The van der Waals surface area contributed by atoms with Gasteiger partial charge in [-0.3, -0.25) is 9.59 Å². The molecule has 5 nitrogen and oxygen atoms in total. The number of hydrogen-bond acceptors (Lipinski definition) is 4. The first kappa shape index (κ1) is 18.4. The number of carbonyl (C=O) groups is 2. The molecule has 0 aliphatic heterocycles. The molecule has 25 heavy (non-hydrogen) atoms. The summed E-state index contributed by atoms with van der Waals surface area (Å²) in [5.41, 5.74) is 1.15. The largest absolute Gasteiger partial charge is 0.496 e. The van der Waals surface area contributed by atoms with E-state index in [0.717, 1.165) is 0 Å². The van der Waals surface area contributed by atoms with Crippen LogP contribution < -0.4 is 10.1 Å². The summed E-state index contributed by atoms with van der Waals surface area (Å²) in [5, 5.41) is 2.75. The fraction of sp³-hybridized carbons (Fsp3) is 0.263. The minimum Gasteiger partial charge on any atom is -0.496 e. The molecule has 0 aromatic heterocycles. The van der Waals surface area contributed by atoms with Crippen molar-refractivity contribution in [2.75, 3.05) is 14.2 Å². The third-order valence-corrected chi connectivity index (χ3v) is 3.84. The molecule has 0 unspecified atom stereocenters. The van der Waals surface area contributed by atoms with Gasteiger partial charge in [-0.15, -0.1) is 0 Å². The number of ether oxygens (including phenoxy) is 2. The summed E-state index contributed by atoms with van der Waals surface area (Å²) < 4.78 is 24.0. The Morgan fingerprint density at radius 2 is 1.84 bits per heavy atom. The number of esters is 1. The Morgan fingerprint density at radius 3 is 2.52 bits per heavy atom. The molecule has 0 bridgehead atoms. The number of amides is 1. The molecule has 1 amide bonds. The van der Waals surface area contributed by atoms with Crippen LogP contribution in [0.1, 0.15) is 34.5 Å². The average molecular weight is 345 g/mol. The highest BCUT2D eigenvalue weighted by molar-refractivity contribution is 5.97. The number of methoxy groups -OCH3 is 2. The van der Waals surface area contributed by atoms with Gasteiger partial charge in [-0.1, -0.05) is 24.3 Å². The van der Waals surface area contributed by atoms with Crippen LogP contribution >= 0.6 is 0 Å². The summed E-state index contributed by atoms with van der Waals surface area (Å²) in [5.74, 6) is -0.952. The van der Waals surface area contributed by atoms with Crippen LogP contribution in [0.4, 0.5) is 4.39 Å². The number of hydrogen-bond donors (Lipinski definition) is 1. The molecule has 0 radical (unpaired) electrons. The van der Waals surface area contributed by atoms with Gasteiger partial charge in [0.15, 0.2) is 0 Å². The standard InChI is InChI=1S/C19H20FNO4/c1-12(18-15(20)9-6-10-16(18)24-2)21-19(23)14-8-5-4-7-13(14)11-17(22)25-3/h4-10,12H,11H2,1-3H3,(H,21,23)/t12-/m1/s1. The van der Waals surface area contributed by atoms with Gasteiger partial charge >= 0.3 is 5.97 Å². The highest BCUT2D eigenvalue weighted by Gasteiger charge is 2.21. The zero-order valence-electron chi connectivity index (χ0n) is 14.3. The zero-order valence-corrected chi connectivity index (χ0v) is 14.3. The molecular formula is C19H20FNO4. The Morgan fingerprint density at radius 1 is 1.12 bits per heavy atom. The van der Waals surface area contributed by atoms with E-state index in [1.54, 1.807) is 37.3 Å². The van der Waals surface area contributed by atoms with Gasteiger partial charge in [-0.2, -0.15) is 0 Å². The van der Waals surface area contributed by atoms with E-state index >= 15 is 0 Å². The number of benzene rings is 2. The molecule has 2 aromatic carbocycles. The normalized spacial score (nSPS) is 11.5. The van der Waals surface area contributed by atoms with Crippen molar-refractivity contribution in [3.05, 3.63) is 65.0 Å². The predicted molar refractivity (Wildman–Crippen MR) is 91.0 cm³/mol. The van der Waals surface area contributed by atoms with Crippen LogP contribution in [0, 0.1) is 5.82 Å². The second kappa shape index (κ2) is 8.28. The van der Waals surface area contributed by atoms with Gasteiger partial charge in [0.05, 0.1) is 32.2 Å². The van der Waals surface area contributed by atoms with Gasteiger partial charge in [0.2, 0.25) is 0 Å². The summed E-state index contributed by atoms with van der Waals surface area (Å²) in [6.07, 6.45) is -0.0164. The van der Waals surface area contributed by atoms with Gasteiger partial charge in [-0.05, 0) is 30.7 Å². The van der Waals surface area contributed by atoms with Crippen molar-refractivity contribution in [1.29, 1.82) is 0 Å². The Balaban J connectivity index is 2.25. The van der Waals surface area contributed by atoms with E-state index < -0.39 is 23.7 Å². The zero-order chi connectivity index (χ0) is 18.4. The molecular weight excluding hydrogens is 325 g/mol. The van der Waals surface area contributed by atoms with Gasteiger partial charge in [0.25, 0.3) is 5.91 Å². The number of rotatable bonds is 6. The fourth-order valence-corrected chi connectivity index (χ4v) is 2.59. The van der Waals surface area contributed by atoms with Crippen molar-refractivity contribution < 1.29 is 23.5 Å². The van der Waals surface area contributed by atoms with Crippen LogP contribution in [-0.2, 0) is 16.0 Å². The molecule has 6 heteroatoms. The lowest BCUT2D eigenvalue weighted by molar-refractivity contribution is -0.139. The van der Waals surface area contributed by atoms with Crippen LogP contribution in [0.25, 0.3) is 0 Å². The predicted octanol–water partition coefficient (Wildman–Crippen LogP) is 3.04.